The molecule has 1 aromatic heterocycles. The number of hydrogen-bond donors (Lipinski definition) is 0. The number of furan rings is 1. The van der Waals surface area contributed by atoms with Gasteiger partial charge in [-0.3, -0.25) is 9.59 Å². The van der Waals surface area contributed by atoms with E-state index in [4.69, 9.17) is 9.15 Å². The maximum absolute atomic E-state index is 13.3. The number of hydrogen-bond acceptors (Lipinski definition) is 4. The van der Waals surface area contributed by atoms with Gasteiger partial charge in [0.25, 0.3) is 0 Å². The van der Waals surface area contributed by atoms with Crippen LogP contribution in [0.4, 0.5) is 4.39 Å². The molecule has 2 amide bonds. The standard InChI is InChI=1S/C24H29FN2O4/c25-20-10-8-18(9-11-20)14-26(15-21-6-2-12-30-21)23(28)17-27(16-22-7-3-13-31-22)24(29)19-4-1-5-19/h2,6,8-12,19,22H,1,3-5,7,13-17H2/t22-/m1/s1. The van der Waals surface area contributed by atoms with Gasteiger partial charge in [-0.2, -0.15) is 0 Å². The normalized spacial score (nSPS) is 18.5. The van der Waals surface area contributed by atoms with E-state index in [1.165, 1.54) is 12.1 Å². The van der Waals surface area contributed by atoms with Gasteiger partial charge in [0.1, 0.15) is 11.6 Å². The molecule has 0 unspecified atom stereocenters. The second-order valence-electron chi connectivity index (χ2n) is 8.44. The molecule has 2 fully saturated rings. The number of benzene rings is 1. The summed E-state index contributed by atoms with van der Waals surface area (Å²) >= 11 is 0. The highest BCUT2D eigenvalue weighted by Gasteiger charge is 2.33. The summed E-state index contributed by atoms with van der Waals surface area (Å²) < 4.78 is 24.5. The molecule has 31 heavy (non-hydrogen) atoms. The lowest BCUT2D eigenvalue weighted by Crippen LogP contribution is -2.48. The average molecular weight is 429 g/mol. The Hall–Kier alpha value is -2.67. The molecule has 2 heterocycles. The molecule has 0 radical (unpaired) electrons. The van der Waals surface area contributed by atoms with Gasteiger partial charge in [0, 0.05) is 25.6 Å². The Bertz CT molecular complexity index is 858. The van der Waals surface area contributed by atoms with Crippen LogP contribution in [0, 0.1) is 11.7 Å². The van der Waals surface area contributed by atoms with Crippen LogP contribution < -0.4 is 0 Å². The second kappa shape index (κ2) is 10.1. The van der Waals surface area contributed by atoms with Gasteiger partial charge in [0.2, 0.25) is 11.8 Å². The van der Waals surface area contributed by atoms with Crippen LogP contribution in [0.3, 0.4) is 0 Å². The van der Waals surface area contributed by atoms with Crippen molar-refractivity contribution in [2.45, 2.75) is 51.3 Å². The third-order valence-electron chi connectivity index (χ3n) is 6.11. The molecule has 2 aromatic rings. The van der Waals surface area contributed by atoms with Crippen LogP contribution in [0.2, 0.25) is 0 Å². The molecule has 166 valence electrons. The van der Waals surface area contributed by atoms with Gasteiger partial charge < -0.3 is 19.0 Å². The third kappa shape index (κ3) is 5.73. The first-order valence-corrected chi connectivity index (χ1v) is 11.0. The lowest BCUT2D eigenvalue weighted by atomic mass is 9.84. The smallest absolute Gasteiger partial charge is 0.242 e. The van der Waals surface area contributed by atoms with Gasteiger partial charge in [-0.05, 0) is 55.5 Å². The van der Waals surface area contributed by atoms with Gasteiger partial charge in [-0.1, -0.05) is 18.6 Å². The molecule has 1 saturated carbocycles. The van der Waals surface area contributed by atoms with Crippen molar-refractivity contribution in [1.29, 1.82) is 0 Å². The van der Waals surface area contributed by atoms with Crippen molar-refractivity contribution < 1.29 is 23.1 Å². The topological polar surface area (TPSA) is 63.0 Å². The van der Waals surface area contributed by atoms with Crippen LogP contribution in [0.5, 0.6) is 0 Å². The molecule has 0 spiro atoms. The van der Waals surface area contributed by atoms with E-state index in [0.29, 0.717) is 25.5 Å². The molecule has 7 heteroatoms. The van der Waals surface area contributed by atoms with Gasteiger partial charge in [0.05, 0.1) is 25.5 Å². The molecular weight excluding hydrogens is 399 g/mol. The molecule has 0 N–H and O–H groups in total. The third-order valence-corrected chi connectivity index (χ3v) is 6.11. The summed E-state index contributed by atoms with van der Waals surface area (Å²) in [6.07, 6.45) is 6.30. The molecule has 1 saturated heterocycles. The Morgan fingerprint density at radius 2 is 1.81 bits per heavy atom. The van der Waals surface area contributed by atoms with Crippen molar-refractivity contribution in [3.63, 3.8) is 0 Å². The molecule has 2 aliphatic rings. The Kier molecular flexibility index (Phi) is 7.02. The fourth-order valence-electron chi connectivity index (χ4n) is 4.08. The van der Waals surface area contributed by atoms with Crippen LogP contribution in [-0.4, -0.2) is 47.4 Å². The van der Waals surface area contributed by atoms with Gasteiger partial charge in [0.15, 0.2) is 0 Å². The number of halogens is 1. The van der Waals surface area contributed by atoms with E-state index in [9.17, 15) is 14.0 Å². The van der Waals surface area contributed by atoms with Crippen LogP contribution in [0.15, 0.2) is 47.1 Å². The highest BCUT2D eigenvalue weighted by atomic mass is 19.1. The summed E-state index contributed by atoms with van der Waals surface area (Å²) in [5.74, 6) is 0.249. The summed E-state index contributed by atoms with van der Waals surface area (Å²) in [5.41, 5.74) is 0.817. The zero-order valence-electron chi connectivity index (χ0n) is 17.7. The minimum Gasteiger partial charge on any atom is -0.467 e. The second-order valence-corrected chi connectivity index (χ2v) is 8.44. The van der Waals surface area contributed by atoms with Crippen LogP contribution in [0.25, 0.3) is 0 Å². The number of rotatable bonds is 9. The Morgan fingerprint density at radius 3 is 2.42 bits per heavy atom. The SMILES string of the molecule is O=C(CN(C[C@H]1CCCO1)C(=O)C1CCC1)N(Cc1ccc(F)cc1)Cc1ccco1. The van der Waals surface area contributed by atoms with E-state index in [1.54, 1.807) is 34.3 Å². The largest absolute Gasteiger partial charge is 0.467 e. The van der Waals surface area contributed by atoms with E-state index in [-0.39, 0.29) is 42.7 Å². The lowest BCUT2D eigenvalue weighted by Gasteiger charge is -2.34. The van der Waals surface area contributed by atoms with Gasteiger partial charge in [-0.15, -0.1) is 0 Å². The maximum Gasteiger partial charge on any atom is 0.242 e. The van der Waals surface area contributed by atoms with Crippen molar-refractivity contribution in [3.05, 3.63) is 59.8 Å². The van der Waals surface area contributed by atoms with Crippen molar-refractivity contribution >= 4 is 11.8 Å². The number of carbonyl (C=O) groups is 2. The average Bonchev–Trinajstić information content (AvgIpc) is 3.41. The zero-order valence-corrected chi connectivity index (χ0v) is 17.7. The first kappa shape index (κ1) is 21.6. The predicted octanol–water partition coefficient (Wildman–Crippen LogP) is 3.76. The summed E-state index contributed by atoms with van der Waals surface area (Å²) in [7, 11) is 0. The minimum atomic E-state index is -0.318. The lowest BCUT2D eigenvalue weighted by molar-refractivity contribution is -0.146. The molecule has 1 aromatic carbocycles. The van der Waals surface area contributed by atoms with Crippen LogP contribution in [0.1, 0.15) is 43.4 Å². The fourth-order valence-corrected chi connectivity index (χ4v) is 4.08. The van der Waals surface area contributed by atoms with E-state index in [1.807, 2.05) is 6.07 Å². The van der Waals surface area contributed by atoms with Gasteiger partial charge >= 0.3 is 0 Å². The molecule has 1 atom stereocenters. The van der Waals surface area contributed by atoms with E-state index in [2.05, 4.69) is 0 Å². The molecular formula is C24H29FN2O4. The number of carbonyl (C=O) groups excluding carboxylic acids is 2. The first-order valence-electron chi connectivity index (χ1n) is 11.0. The summed E-state index contributed by atoms with van der Waals surface area (Å²) in [5, 5.41) is 0. The summed E-state index contributed by atoms with van der Waals surface area (Å²) in [6.45, 7) is 1.77. The monoisotopic (exact) mass is 428 g/mol. The van der Waals surface area contributed by atoms with Crippen molar-refractivity contribution in [2.75, 3.05) is 19.7 Å². The van der Waals surface area contributed by atoms with E-state index in [0.717, 1.165) is 37.7 Å². The van der Waals surface area contributed by atoms with E-state index < -0.39 is 0 Å². The Labute approximate surface area is 182 Å². The quantitative estimate of drug-likeness (QED) is 0.610. The van der Waals surface area contributed by atoms with Gasteiger partial charge in [-0.25, -0.2) is 4.39 Å². The number of amides is 2. The predicted molar refractivity (Wildman–Crippen MR) is 112 cm³/mol. The molecule has 4 rings (SSSR count). The number of ether oxygens (including phenoxy) is 1. The van der Waals surface area contributed by atoms with E-state index >= 15 is 0 Å². The molecule has 0 bridgehead atoms. The van der Waals surface area contributed by atoms with Crippen LogP contribution >= 0.6 is 0 Å². The Morgan fingerprint density at radius 1 is 1.00 bits per heavy atom. The molecule has 6 nitrogen and oxygen atoms in total. The highest BCUT2D eigenvalue weighted by molar-refractivity contribution is 5.86. The fraction of sp³-hybridized carbons (Fsp3) is 0.500. The van der Waals surface area contributed by atoms with Crippen molar-refractivity contribution in [1.82, 2.24) is 9.80 Å². The van der Waals surface area contributed by atoms with Crippen molar-refractivity contribution in [3.8, 4) is 0 Å². The first-order chi connectivity index (χ1) is 15.1. The molecule has 1 aliphatic carbocycles. The Balaban J connectivity index is 1.48. The summed E-state index contributed by atoms with van der Waals surface area (Å²) in [4.78, 5) is 29.7. The highest BCUT2D eigenvalue weighted by Crippen LogP contribution is 2.29. The minimum absolute atomic E-state index is 0.00699. The molecule has 1 aliphatic heterocycles. The zero-order chi connectivity index (χ0) is 21.6. The summed E-state index contributed by atoms with van der Waals surface area (Å²) in [6, 6.07) is 9.70. The van der Waals surface area contributed by atoms with Crippen LogP contribution in [-0.2, 0) is 27.4 Å². The van der Waals surface area contributed by atoms with Crippen molar-refractivity contribution in [2.24, 2.45) is 5.92 Å². The maximum atomic E-state index is 13.3. The number of nitrogens with zero attached hydrogens (tertiary/aromatic N) is 2.